The molecule has 2 aromatic rings. The van der Waals surface area contributed by atoms with E-state index in [0.717, 1.165) is 24.3 Å². The summed E-state index contributed by atoms with van der Waals surface area (Å²) in [7, 11) is 0. The number of carbonyl (C=O) groups excluding carboxylic acids is 1. The molecule has 0 radical (unpaired) electrons. The zero-order valence-electron chi connectivity index (χ0n) is 13.6. The Labute approximate surface area is 137 Å². The zero-order valence-corrected chi connectivity index (χ0v) is 13.6. The summed E-state index contributed by atoms with van der Waals surface area (Å²) in [5, 5.41) is 3.04. The van der Waals surface area contributed by atoms with Crippen molar-refractivity contribution >= 4 is 23.0 Å². The number of carbonyl (C=O) groups is 1. The van der Waals surface area contributed by atoms with Gasteiger partial charge >= 0.3 is 0 Å². The minimum absolute atomic E-state index is 0.0417. The highest BCUT2D eigenvalue weighted by Crippen LogP contribution is 2.38. The van der Waals surface area contributed by atoms with Gasteiger partial charge in [-0.2, -0.15) is 0 Å². The van der Waals surface area contributed by atoms with Gasteiger partial charge in [0.2, 0.25) is 5.91 Å². The number of rotatable bonds is 4. The minimum Gasteiger partial charge on any atom is -0.339 e. The summed E-state index contributed by atoms with van der Waals surface area (Å²) in [6.07, 6.45) is 1.02. The predicted octanol–water partition coefficient (Wildman–Crippen LogP) is 3.30. The Kier molecular flexibility index (Phi) is 4.35. The van der Waals surface area contributed by atoms with Crippen molar-refractivity contribution < 1.29 is 4.79 Å². The second-order valence-corrected chi connectivity index (χ2v) is 6.18. The Bertz CT molecular complexity index is 711. The van der Waals surface area contributed by atoms with Crippen molar-refractivity contribution in [3.63, 3.8) is 0 Å². The number of nitrogens with one attached hydrogen (secondary N) is 1. The Morgan fingerprint density at radius 2 is 1.74 bits per heavy atom. The molecule has 4 heteroatoms. The normalized spacial score (nSPS) is 15.9. The predicted molar refractivity (Wildman–Crippen MR) is 95.0 cm³/mol. The van der Waals surface area contributed by atoms with Crippen LogP contribution in [0.5, 0.6) is 0 Å². The van der Waals surface area contributed by atoms with Gasteiger partial charge in [0.15, 0.2) is 0 Å². The number of hydrogen-bond acceptors (Lipinski definition) is 3. The van der Waals surface area contributed by atoms with Gasteiger partial charge in [-0.1, -0.05) is 37.3 Å². The van der Waals surface area contributed by atoms with E-state index < -0.39 is 0 Å². The van der Waals surface area contributed by atoms with E-state index in [9.17, 15) is 4.79 Å². The first-order valence-corrected chi connectivity index (χ1v) is 8.09. The molecule has 120 valence electrons. The standard InChI is InChI=1S/C19H23N3O/c1-13(14(2)20)19(23)21-16-8-4-6-10-18(16)22-12-11-15-7-3-5-9-17(15)22/h3-10,13-14H,11-12,20H2,1-2H3,(H,21,23). The molecule has 2 aromatic carbocycles. The molecule has 4 nitrogen and oxygen atoms in total. The Hall–Kier alpha value is -2.33. The highest BCUT2D eigenvalue weighted by atomic mass is 16.1. The number of anilines is 3. The first kappa shape index (κ1) is 15.6. The lowest BCUT2D eigenvalue weighted by Crippen LogP contribution is -2.34. The number of benzene rings is 2. The Morgan fingerprint density at radius 1 is 1.09 bits per heavy atom. The zero-order chi connectivity index (χ0) is 16.4. The summed E-state index contributed by atoms with van der Waals surface area (Å²) in [5.74, 6) is -0.270. The molecule has 1 amide bonds. The minimum atomic E-state index is -0.228. The molecule has 3 rings (SSSR count). The van der Waals surface area contributed by atoms with E-state index >= 15 is 0 Å². The van der Waals surface area contributed by atoms with Gasteiger partial charge in [-0.15, -0.1) is 0 Å². The Morgan fingerprint density at radius 3 is 2.48 bits per heavy atom. The number of para-hydroxylation sites is 3. The van der Waals surface area contributed by atoms with Crippen LogP contribution in [0.1, 0.15) is 19.4 Å². The molecule has 0 saturated carbocycles. The van der Waals surface area contributed by atoms with Crippen molar-refractivity contribution in [3.05, 3.63) is 54.1 Å². The van der Waals surface area contributed by atoms with E-state index in [0.29, 0.717) is 0 Å². The molecule has 3 N–H and O–H groups in total. The van der Waals surface area contributed by atoms with Crippen LogP contribution in [0.3, 0.4) is 0 Å². The first-order chi connectivity index (χ1) is 11.1. The second-order valence-electron chi connectivity index (χ2n) is 6.18. The fourth-order valence-corrected chi connectivity index (χ4v) is 2.89. The summed E-state index contributed by atoms with van der Waals surface area (Å²) >= 11 is 0. The van der Waals surface area contributed by atoms with Crippen LogP contribution < -0.4 is 16.0 Å². The lowest BCUT2D eigenvalue weighted by molar-refractivity contribution is -0.119. The van der Waals surface area contributed by atoms with Gasteiger partial charge in [0.1, 0.15) is 0 Å². The van der Waals surface area contributed by atoms with Crippen LogP contribution >= 0.6 is 0 Å². The van der Waals surface area contributed by atoms with E-state index in [-0.39, 0.29) is 17.9 Å². The number of fused-ring (bicyclic) bond motifs is 1. The molecular weight excluding hydrogens is 286 g/mol. The van der Waals surface area contributed by atoms with Crippen LogP contribution in [0.25, 0.3) is 0 Å². The van der Waals surface area contributed by atoms with Gasteiger partial charge in [-0.3, -0.25) is 4.79 Å². The van der Waals surface area contributed by atoms with Crippen LogP contribution in [0, 0.1) is 5.92 Å². The maximum absolute atomic E-state index is 12.4. The smallest absolute Gasteiger partial charge is 0.228 e. The van der Waals surface area contributed by atoms with Gasteiger partial charge in [0.25, 0.3) is 0 Å². The first-order valence-electron chi connectivity index (χ1n) is 8.09. The number of nitrogens with two attached hydrogens (primary N) is 1. The van der Waals surface area contributed by atoms with Crippen molar-refractivity contribution in [1.29, 1.82) is 0 Å². The fourth-order valence-electron chi connectivity index (χ4n) is 2.89. The molecule has 1 aliphatic heterocycles. The van der Waals surface area contributed by atoms with Gasteiger partial charge in [0.05, 0.1) is 17.3 Å². The fraction of sp³-hybridized carbons (Fsp3) is 0.316. The third-order valence-corrected chi connectivity index (χ3v) is 4.54. The molecule has 23 heavy (non-hydrogen) atoms. The van der Waals surface area contributed by atoms with E-state index in [4.69, 9.17) is 5.73 Å². The molecule has 0 saturated heterocycles. The van der Waals surface area contributed by atoms with Crippen molar-refractivity contribution in [2.75, 3.05) is 16.8 Å². The highest BCUT2D eigenvalue weighted by Gasteiger charge is 2.23. The van der Waals surface area contributed by atoms with Crippen LogP contribution in [0.4, 0.5) is 17.1 Å². The monoisotopic (exact) mass is 309 g/mol. The van der Waals surface area contributed by atoms with Gasteiger partial charge in [-0.05, 0) is 37.1 Å². The molecule has 0 aliphatic carbocycles. The molecule has 2 atom stereocenters. The quantitative estimate of drug-likeness (QED) is 0.911. The van der Waals surface area contributed by atoms with E-state index in [1.807, 2.05) is 38.1 Å². The topological polar surface area (TPSA) is 58.4 Å². The lowest BCUT2D eigenvalue weighted by Gasteiger charge is -2.24. The summed E-state index contributed by atoms with van der Waals surface area (Å²) in [6.45, 7) is 4.63. The average Bonchev–Trinajstić information content (AvgIpc) is 2.98. The van der Waals surface area contributed by atoms with Crippen molar-refractivity contribution in [3.8, 4) is 0 Å². The maximum atomic E-state index is 12.4. The van der Waals surface area contributed by atoms with Crippen molar-refractivity contribution in [1.82, 2.24) is 0 Å². The van der Waals surface area contributed by atoms with Gasteiger partial charge < -0.3 is 16.0 Å². The van der Waals surface area contributed by atoms with Crippen molar-refractivity contribution in [2.24, 2.45) is 11.7 Å². The summed E-state index contributed by atoms with van der Waals surface area (Å²) in [4.78, 5) is 14.6. The largest absolute Gasteiger partial charge is 0.339 e. The maximum Gasteiger partial charge on any atom is 0.228 e. The molecular formula is C19H23N3O. The highest BCUT2D eigenvalue weighted by molar-refractivity contribution is 5.97. The lowest BCUT2D eigenvalue weighted by atomic mass is 10.0. The number of hydrogen-bond donors (Lipinski definition) is 2. The average molecular weight is 309 g/mol. The molecule has 0 fully saturated rings. The molecule has 0 aromatic heterocycles. The second kappa shape index (κ2) is 6.42. The van der Waals surface area contributed by atoms with E-state index in [1.54, 1.807) is 0 Å². The van der Waals surface area contributed by atoms with Crippen molar-refractivity contribution in [2.45, 2.75) is 26.3 Å². The van der Waals surface area contributed by atoms with Crippen LogP contribution in [-0.2, 0) is 11.2 Å². The summed E-state index contributed by atoms with van der Waals surface area (Å²) in [6, 6.07) is 16.2. The SMILES string of the molecule is CC(N)C(C)C(=O)Nc1ccccc1N1CCc2ccccc21. The molecule has 1 aliphatic rings. The molecule has 0 spiro atoms. The van der Waals surface area contributed by atoms with E-state index in [2.05, 4.69) is 34.5 Å². The van der Waals surface area contributed by atoms with Crippen LogP contribution in [-0.4, -0.2) is 18.5 Å². The number of nitrogens with zero attached hydrogens (tertiary/aromatic N) is 1. The number of amides is 1. The summed E-state index contributed by atoms with van der Waals surface area (Å²) in [5.41, 5.74) is 10.3. The van der Waals surface area contributed by atoms with Crippen LogP contribution in [0.15, 0.2) is 48.5 Å². The van der Waals surface area contributed by atoms with E-state index in [1.165, 1.54) is 11.3 Å². The molecule has 0 bridgehead atoms. The molecule has 2 unspecified atom stereocenters. The molecule has 1 heterocycles. The summed E-state index contributed by atoms with van der Waals surface area (Å²) < 4.78 is 0. The third-order valence-electron chi connectivity index (χ3n) is 4.54. The van der Waals surface area contributed by atoms with Gasteiger partial charge in [0, 0.05) is 18.3 Å². The Balaban J connectivity index is 1.89. The van der Waals surface area contributed by atoms with Gasteiger partial charge in [-0.25, -0.2) is 0 Å². The van der Waals surface area contributed by atoms with Crippen LogP contribution in [0.2, 0.25) is 0 Å². The third kappa shape index (κ3) is 3.08.